The van der Waals surface area contributed by atoms with E-state index in [4.69, 9.17) is 5.73 Å². The Bertz CT molecular complexity index is 129. The molecule has 0 amide bonds. The Morgan fingerprint density at radius 3 is 1.08 bits per heavy atom. The topological polar surface area (TPSA) is 26.0 Å². The second kappa shape index (κ2) is 8.28. The predicted octanol–water partition coefficient (Wildman–Crippen LogP) is 2.82. The van der Waals surface area contributed by atoms with Gasteiger partial charge in [0, 0.05) is 6.04 Å². The molecule has 0 spiro atoms. The molecule has 2 N–H and O–H groups in total. The van der Waals surface area contributed by atoms with Gasteiger partial charge in [-0.3, -0.25) is 0 Å². The Morgan fingerprint density at radius 2 is 1.00 bits per heavy atom. The smallest absolute Gasteiger partial charge is 0.00399 e. The fourth-order valence-electron chi connectivity index (χ4n) is 0.481. The summed E-state index contributed by atoms with van der Waals surface area (Å²) in [6.45, 7) is 4.00. The van der Waals surface area contributed by atoms with Crippen LogP contribution in [-0.4, -0.2) is 6.04 Å². The van der Waals surface area contributed by atoms with Gasteiger partial charge in [-0.05, 0) is 12.8 Å². The normalized spacial score (nSPS) is 13.2. The van der Waals surface area contributed by atoms with Crippen LogP contribution in [0.2, 0.25) is 0 Å². The first-order valence-corrected chi connectivity index (χ1v) is 4.65. The lowest BCUT2D eigenvalue weighted by Crippen LogP contribution is -1.94. The van der Waals surface area contributed by atoms with Gasteiger partial charge in [-0.15, -0.1) is 0 Å². The van der Waals surface area contributed by atoms with E-state index in [1.807, 2.05) is 50.2 Å². The Morgan fingerprint density at radius 1 is 0.833 bits per heavy atom. The summed E-state index contributed by atoms with van der Waals surface area (Å²) in [5.74, 6) is 0. The van der Waals surface area contributed by atoms with Gasteiger partial charge in [0.05, 0.1) is 0 Å². The van der Waals surface area contributed by atoms with E-state index < -0.39 is 0 Å². The van der Waals surface area contributed by atoms with Crippen molar-refractivity contribution in [2.45, 2.75) is 32.7 Å². The Kier molecular flexibility index (Phi) is 7.71. The van der Waals surface area contributed by atoms with Crippen molar-refractivity contribution in [3.8, 4) is 0 Å². The van der Waals surface area contributed by atoms with Crippen molar-refractivity contribution < 1.29 is 0 Å². The molecule has 68 valence electrons. The fraction of sp³-hybridized carbons (Fsp3) is 0.455. The van der Waals surface area contributed by atoms with Crippen molar-refractivity contribution >= 4 is 0 Å². The van der Waals surface area contributed by atoms with Gasteiger partial charge in [-0.1, -0.05) is 50.2 Å². The van der Waals surface area contributed by atoms with Gasteiger partial charge in [0.25, 0.3) is 0 Å². The van der Waals surface area contributed by atoms with Gasteiger partial charge in [0.15, 0.2) is 0 Å². The lowest BCUT2D eigenvalue weighted by Gasteiger charge is -1.69. The average Bonchev–Trinajstić information content (AvgIpc) is 2.95. The van der Waals surface area contributed by atoms with Crippen molar-refractivity contribution in [3.63, 3.8) is 0 Å². The average molecular weight is 165 g/mol. The van der Waals surface area contributed by atoms with Crippen molar-refractivity contribution in [2.75, 3.05) is 0 Å². The lowest BCUT2D eigenvalue weighted by molar-refractivity contribution is 1.07. The first kappa shape index (κ1) is 11.2. The number of benzene rings is 1. The van der Waals surface area contributed by atoms with Crippen LogP contribution in [0.15, 0.2) is 36.4 Å². The van der Waals surface area contributed by atoms with Crippen LogP contribution >= 0.6 is 0 Å². The second-order valence-corrected chi connectivity index (χ2v) is 2.49. The zero-order chi connectivity index (χ0) is 9.23. The molecule has 1 nitrogen and oxygen atoms in total. The lowest BCUT2D eigenvalue weighted by atomic mass is 10.4. The van der Waals surface area contributed by atoms with E-state index >= 15 is 0 Å². The van der Waals surface area contributed by atoms with Crippen LogP contribution < -0.4 is 5.73 Å². The highest BCUT2D eigenvalue weighted by Crippen LogP contribution is 2.13. The first-order chi connectivity index (χ1) is 5.89. The molecule has 1 heteroatoms. The Balaban J connectivity index is 0.000000176. The highest BCUT2D eigenvalue weighted by Gasteiger charge is 2.13. The third-order valence-electron chi connectivity index (χ3n) is 1.29. The predicted molar refractivity (Wildman–Crippen MR) is 55.0 cm³/mol. The van der Waals surface area contributed by atoms with E-state index in [9.17, 15) is 0 Å². The molecule has 1 aliphatic carbocycles. The summed E-state index contributed by atoms with van der Waals surface area (Å²) in [6, 6.07) is 12.6. The molecule has 0 heterocycles. The maximum atomic E-state index is 5.22. The standard InChI is InChI=1S/C6H6.C3H7N.C2H6/c1-2-4-6-5-3-1;4-3-1-2-3;1-2/h1-6H;3H,1-2,4H2;1-2H3. The molecule has 1 aromatic carbocycles. The summed E-state index contributed by atoms with van der Waals surface area (Å²) in [7, 11) is 0. The summed E-state index contributed by atoms with van der Waals surface area (Å²) < 4.78 is 0. The largest absolute Gasteiger partial charge is 0.328 e. The molecule has 1 fully saturated rings. The van der Waals surface area contributed by atoms with Crippen molar-refractivity contribution in [3.05, 3.63) is 36.4 Å². The molecule has 0 aromatic heterocycles. The molecule has 1 aromatic rings. The van der Waals surface area contributed by atoms with Crippen LogP contribution in [0.25, 0.3) is 0 Å². The molecular formula is C11H19N. The summed E-state index contributed by atoms with van der Waals surface area (Å²) >= 11 is 0. The fourth-order valence-corrected chi connectivity index (χ4v) is 0.481. The highest BCUT2D eigenvalue weighted by atomic mass is 14.7. The van der Waals surface area contributed by atoms with Crippen LogP contribution in [0, 0.1) is 0 Å². The second-order valence-electron chi connectivity index (χ2n) is 2.49. The maximum Gasteiger partial charge on any atom is 0.00399 e. The highest BCUT2D eigenvalue weighted by molar-refractivity contribution is 4.99. The number of nitrogens with two attached hydrogens (primary N) is 1. The Hall–Kier alpha value is -0.820. The first-order valence-electron chi connectivity index (χ1n) is 4.65. The molecule has 0 saturated heterocycles. The zero-order valence-electron chi connectivity index (χ0n) is 8.03. The van der Waals surface area contributed by atoms with Gasteiger partial charge in [0.2, 0.25) is 0 Å². The van der Waals surface area contributed by atoms with Crippen LogP contribution in [0.5, 0.6) is 0 Å². The van der Waals surface area contributed by atoms with E-state index in [0.717, 1.165) is 0 Å². The summed E-state index contributed by atoms with van der Waals surface area (Å²) in [5, 5.41) is 0. The minimum Gasteiger partial charge on any atom is -0.328 e. The number of hydrogen-bond acceptors (Lipinski definition) is 1. The van der Waals surface area contributed by atoms with Crippen LogP contribution in [0.4, 0.5) is 0 Å². The summed E-state index contributed by atoms with van der Waals surface area (Å²) in [5.41, 5.74) is 5.22. The minimum absolute atomic E-state index is 0.583. The minimum atomic E-state index is 0.583. The number of hydrogen-bond donors (Lipinski definition) is 1. The maximum absolute atomic E-state index is 5.22. The molecule has 2 rings (SSSR count). The van der Waals surface area contributed by atoms with Crippen molar-refractivity contribution in [2.24, 2.45) is 5.73 Å². The molecule has 1 saturated carbocycles. The molecular weight excluding hydrogens is 146 g/mol. The molecule has 0 bridgehead atoms. The molecule has 0 atom stereocenters. The van der Waals surface area contributed by atoms with Crippen LogP contribution in [-0.2, 0) is 0 Å². The van der Waals surface area contributed by atoms with E-state index in [1.54, 1.807) is 0 Å². The van der Waals surface area contributed by atoms with E-state index in [1.165, 1.54) is 12.8 Å². The van der Waals surface area contributed by atoms with Crippen LogP contribution in [0.3, 0.4) is 0 Å². The monoisotopic (exact) mass is 165 g/mol. The molecule has 0 unspecified atom stereocenters. The van der Waals surface area contributed by atoms with Gasteiger partial charge in [-0.25, -0.2) is 0 Å². The van der Waals surface area contributed by atoms with Crippen LogP contribution in [0.1, 0.15) is 26.7 Å². The summed E-state index contributed by atoms with van der Waals surface area (Å²) in [6.07, 6.45) is 2.53. The van der Waals surface area contributed by atoms with E-state index in [2.05, 4.69) is 0 Å². The zero-order valence-corrected chi connectivity index (χ0v) is 8.03. The third-order valence-corrected chi connectivity index (χ3v) is 1.29. The molecule has 1 aliphatic rings. The van der Waals surface area contributed by atoms with Gasteiger partial charge in [-0.2, -0.15) is 0 Å². The summed E-state index contributed by atoms with van der Waals surface area (Å²) in [4.78, 5) is 0. The molecule has 12 heavy (non-hydrogen) atoms. The van der Waals surface area contributed by atoms with Gasteiger partial charge >= 0.3 is 0 Å². The van der Waals surface area contributed by atoms with E-state index in [-0.39, 0.29) is 0 Å². The number of rotatable bonds is 0. The van der Waals surface area contributed by atoms with Gasteiger partial charge in [0.1, 0.15) is 0 Å². The molecule has 0 aliphatic heterocycles. The van der Waals surface area contributed by atoms with Crippen molar-refractivity contribution in [1.82, 2.24) is 0 Å². The quantitative estimate of drug-likeness (QED) is 0.628. The van der Waals surface area contributed by atoms with Gasteiger partial charge < -0.3 is 5.73 Å². The third kappa shape index (κ3) is 9.18. The molecule has 0 radical (unpaired) electrons. The SMILES string of the molecule is CC.NC1CC1.c1ccccc1. The van der Waals surface area contributed by atoms with Crippen molar-refractivity contribution in [1.29, 1.82) is 0 Å². The van der Waals surface area contributed by atoms with E-state index in [0.29, 0.717) is 6.04 Å². The Labute approximate surface area is 75.6 Å².